The van der Waals surface area contributed by atoms with Gasteiger partial charge < -0.3 is 15.5 Å². The lowest BCUT2D eigenvalue weighted by Crippen LogP contribution is -2.23. The van der Waals surface area contributed by atoms with Gasteiger partial charge in [-0.25, -0.2) is 0 Å². The molecule has 0 amide bonds. The number of phenolic OH excluding ortho intramolecular Hbond substituents is 2. The highest BCUT2D eigenvalue weighted by Crippen LogP contribution is 2.42. The molecule has 3 aromatic carbocycles. The molecule has 0 fully saturated rings. The maximum Gasteiger partial charge on any atom is 0.281 e. The monoisotopic (exact) mass is 376 g/mol. The molecule has 138 valence electrons. The van der Waals surface area contributed by atoms with E-state index in [-0.39, 0.29) is 27.9 Å². The van der Waals surface area contributed by atoms with Gasteiger partial charge in [0.2, 0.25) is 11.6 Å². The van der Waals surface area contributed by atoms with Crippen LogP contribution in [-0.2, 0) is 0 Å². The molecule has 0 radical (unpaired) electrons. The second-order valence-corrected chi connectivity index (χ2v) is 6.18. The number of nitro benzene ring substituents is 1. The number of carbonyl (C=O) groups is 2. The second-order valence-electron chi connectivity index (χ2n) is 6.18. The highest BCUT2D eigenvalue weighted by molar-refractivity contribution is 6.32. The molecule has 3 aromatic rings. The maximum absolute atomic E-state index is 13.1. The number of anilines is 2. The smallest absolute Gasteiger partial charge is 0.281 e. The summed E-state index contributed by atoms with van der Waals surface area (Å²) in [5, 5.41) is 34.2. The average molecular weight is 376 g/mol. The second kappa shape index (κ2) is 6.20. The summed E-state index contributed by atoms with van der Waals surface area (Å²) in [6.45, 7) is 0. The molecule has 3 N–H and O–H groups in total. The van der Waals surface area contributed by atoms with Gasteiger partial charge in [-0.15, -0.1) is 0 Å². The Hall–Kier alpha value is -4.20. The van der Waals surface area contributed by atoms with Crippen LogP contribution in [0.1, 0.15) is 31.8 Å². The van der Waals surface area contributed by atoms with Gasteiger partial charge in [-0.1, -0.05) is 18.2 Å². The lowest BCUT2D eigenvalue weighted by atomic mass is 9.81. The van der Waals surface area contributed by atoms with Crippen LogP contribution in [0.15, 0.2) is 54.6 Å². The van der Waals surface area contributed by atoms with E-state index in [0.29, 0.717) is 5.69 Å². The van der Waals surface area contributed by atoms with Crippen molar-refractivity contribution in [3.63, 3.8) is 0 Å². The van der Waals surface area contributed by atoms with Gasteiger partial charge in [0, 0.05) is 23.4 Å². The standard InChI is InChI=1S/C20H12N2O6/c23-11-8-12-16(15(24)9-11)20(26)17-13(21-10-4-2-1-3-5-10)6-7-14(22(27)28)18(17)19(12)25/h1-9,21,23-24H. The minimum absolute atomic E-state index is 0.197. The minimum atomic E-state index is -0.820. The van der Waals surface area contributed by atoms with Crippen molar-refractivity contribution in [1.29, 1.82) is 0 Å². The fourth-order valence-corrected chi connectivity index (χ4v) is 3.28. The Balaban J connectivity index is 2.00. The van der Waals surface area contributed by atoms with Gasteiger partial charge in [-0.2, -0.15) is 0 Å². The highest BCUT2D eigenvalue weighted by atomic mass is 16.6. The molecule has 8 nitrogen and oxygen atoms in total. The third kappa shape index (κ3) is 2.55. The number of para-hydroxylation sites is 1. The molecule has 0 saturated heterocycles. The van der Waals surface area contributed by atoms with Crippen LogP contribution in [0.25, 0.3) is 0 Å². The van der Waals surface area contributed by atoms with Gasteiger partial charge in [0.1, 0.15) is 17.1 Å². The molecule has 0 spiro atoms. The Labute approximate surface area is 157 Å². The summed E-state index contributed by atoms with van der Waals surface area (Å²) in [4.78, 5) is 36.8. The Bertz CT molecular complexity index is 1170. The van der Waals surface area contributed by atoms with E-state index in [1.54, 1.807) is 30.3 Å². The average Bonchev–Trinajstić information content (AvgIpc) is 2.65. The summed E-state index contributed by atoms with van der Waals surface area (Å²) in [5.74, 6) is -2.57. The molecule has 4 rings (SSSR count). The molecule has 0 aliphatic heterocycles. The maximum atomic E-state index is 13.1. The molecule has 0 aromatic heterocycles. The van der Waals surface area contributed by atoms with Crippen molar-refractivity contribution in [3.05, 3.63) is 87.0 Å². The zero-order valence-corrected chi connectivity index (χ0v) is 14.2. The van der Waals surface area contributed by atoms with Crippen molar-refractivity contribution in [2.24, 2.45) is 0 Å². The molecule has 0 atom stereocenters. The van der Waals surface area contributed by atoms with Crippen LogP contribution in [0.4, 0.5) is 17.1 Å². The van der Waals surface area contributed by atoms with E-state index < -0.39 is 33.7 Å². The van der Waals surface area contributed by atoms with Gasteiger partial charge in [0.15, 0.2) is 0 Å². The predicted octanol–water partition coefficient (Wildman–Crippen LogP) is 3.53. The molecule has 0 unspecified atom stereocenters. The third-order valence-electron chi connectivity index (χ3n) is 4.46. The van der Waals surface area contributed by atoms with E-state index >= 15 is 0 Å². The summed E-state index contributed by atoms with van der Waals surface area (Å²) >= 11 is 0. The molecular formula is C20H12N2O6. The van der Waals surface area contributed by atoms with Crippen LogP contribution < -0.4 is 5.32 Å². The number of nitro groups is 1. The Morgan fingerprint density at radius 2 is 1.57 bits per heavy atom. The topological polar surface area (TPSA) is 130 Å². The van der Waals surface area contributed by atoms with Crippen LogP contribution in [-0.4, -0.2) is 26.7 Å². The summed E-state index contributed by atoms with van der Waals surface area (Å²) < 4.78 is 0. The van der Waals surface area contributed by atoms with E-state index in [9.17, 15) is 29.9 Å². The van der Waals surface area contributed by atoms with Gasteiger partial charge >= 0.3 is 0 Å². The fourth-order valence-electron chi connectivity index (χ4n) is 3.28. The number of hydrogen-bond donors (Lipinski definition) is 3. The first-order valence-electron chi connectivity index (χ1n) is 8.17. The largest absolute Gasteiger partial charge is 0.508 e. The highest BCUT2D eigenvalue weighted by Gasteiger charge is 2.39. The molecule has 0 saturated carbocycles. The van der Waals surface area contributed by atoms with E-state index in [1.807, 2.05) is 0 Å². The van der Waals surface area contributed by atoms with E-state index in [0.717, 1.165) is 18.2 Å². The number of aromatic hydroxyl groups is 2. The van der Waals surface area contributed by atoms with Crippen LogP contribution in [0.2, 0.25) is 0 Å². The van der Waals surface area contributed by atoms with Crippen LogP contribution in [0.5, 0.6) is 11.5 Å². The van der Waals surface area contributed by atoms with E-state index in [4.69, 9.17) is 0 Å². The first-order valence-corrected chi connectivity index (χ1v) is 8.17. The predicted molar refractivity (Wildman–Crippen MR) is 99.5 cm³/mol. The zero-order valence-electron chi connectivity index (χ0n) is 14.2. The summed E-state index contributed by atoms with van der Waals surface area (Å²) in [6.07, 6.45) is 0. The van der Waals surface area contributed by atoms with Crippen LogP contribution in [0, 0.1) is 10.1 Å². The minimum Gasteiger partial charge on any atom is -0.508 e. The molecule has 0 bridgehead atoms. The zero-order chi connectivity index (χ0) is 20.0. The van der Waals surface area contributed by atoms with E-state index in [1.165, 1.54) is 6.07 Å². The van der Waals surface area contributed by atoms with Crippen molar-refractivity contribution < 1.29 is 24.7 Å². The van der Waals surface area contributed by atoms with Crippen molar-refractivity contribution in [1.82, 2.24) is 0 Å². The molecule has 8 heteroatoms. The Morgan fingerprint density at radius 1 is 0.857 bits per heavy atom. The number of fused-ring (bicyclic) bond motifs is 2. The molecule has 1 aliphatic carbocycles. The number of rotatable bonds is 3. The molecular weight excluding hydrogens is 364 g/mol. The van der Waals surface area contributed by atoms with Gasteiger partial charge in [-0.3, -0.25) is 19.7 Å². The lowest BCUT2D eigenvalue weighted by Gasteiger charge is -2.21. The number of benzene rings is 3. The summed E-state index contributed by atoms with van der Waals surface area (Å²) in [5.41, 5.74) is -0.880. The van der Waals surface area contributed by atoms with Crippen molar-refractivity contribution >= 4 is 28.6 Å². The van der Waals surface area contributed by atoms with Crippen molar-refractivity contribution in [2.45, 2.75) is 0 Å². The van der Waals surface area contributed by atoms with Crippen LogP contribution in [0.3, 0.4) is 0 Å². The Morgan fingerprint density at radius 3 is 2.25 bits per heavy atom. The number of carbonyl (C=O) groups excluding carboxylic acids is 2. The first-order chi connectivity index (χ1) is 13.4. The number of phenols is 2. The Kier molecular flexibility index (Phi) is 3.82. The van der Waals surface area contributed by atoms with Crippen molar-refractivity contribution in [2.75, 3.05) is 5.32 Å². The molecule has 1 aliphatic rings. The number of nitrogens with zero attached hydrogens (tertiary/aromatic N) is 1. The summed E-state index contributed by atoms with van der Waals surface area (Å²) in [6, 6.07) is 13.2. The van der Waals surface area contributed by atoms with Crippen molar-refractivity contribution in [3.8, 4) is 11.5 Å². The molecule has 0 heterocycles. The summed E-state index contributed by atoms with van der Waals surface area (Å²) in [7, 11) is 0. The first kappa shape index (κ1) is 17.2. The SMILES string of the molecule is O=C1c2c(O)cc(O)cc2C(=O)c2c([N+](=O)[O-])ccc(Nc3ccccc3)c21. The van der Waals surface area contributed by atoms with Gasteiger partial charge in [-0.05, 0) is 24.3 Å². The number of hydrogen-bond acceptors (Lipinski definition) is 7. The third-order valence-corrected chi connectivity index (χ3v) is 4.46. The fraction of sp³-hybridized carbons (Fsp3) is 0. The van der Waals surface area contributed by atoms with Gasteiger partial charge in [0.25, 0.3) is 5.69 Å². The quantitative estimate of drug-likeness (QED) is 0.368. The van der Waals surface area contributed by atoms with Crippen LogP contribution >= 0.6 is 0 Å². The van der Waals surface area contributed by atoms with Gasteiger partial charge in [0.05, 0.1) is 21.7 Å². The normalized spacial score (nSPS) is 12.3. The molecule has 28 heavy (non-hydrogen) atoms. The number of nitrogens with one attached hydrogen (secondary N) is 1. The lowest BCUT2D eigenvalue weighted by molar-refractivity contribution is -0.385. The number of ketones is 2. The van der Waals surface area contributed by atoms with E-state index in [2.05, 4.69) is 5.32 Å².